The minimum absolute atomic E-state index is 0.0255. The summed E-state index contributed by atoms with van der Waals surface area (Å²) in [6.07, 6.45) is 9.80. The number of benzene rings is 3. The SMILES string of the molecule is CCC1CN(c2cc(-c3ccccc3O)nnc2N)CC(C)N1c1ncc(C2CCN(C3CC4(CC(C(=O)N[C@H](C(=O)N5C[C@H](O)C[C@H]5C(=O)NOc5ccc(-c6ccccc6F)cc5)C(C)(C)C)C4)C3)CC2)cn1. The van der Waals surface area contributed by atoms with Crippen LogP contribution in [0.1, 0.15) is 97.5 Å². The number of hydrogen-bond donors (Lipinski definition) is 5. The van der Waals surface area contributed by atoms with Crippen LogP contribution >= 0.6 is 0 Å². The molecule has 3 saturated heterocycles. The number of nitrogens with zero attached hydrogens (tertiary/aromatic N) is 8. The first-order valence-electron chi connectivity index (χ1n) is 26.6. The molecule has 5 aliphatic rings. The Morgan fingerprint density at radius 2 is 1.57 bits per heavy atom. The van der Waals surface area contributed by atoms with Gasteiger partial charge in [0, 0.05) is 73.6 Å². The van der Waals surface area contributed by atoms with E-state index < -0.39 is 35.4 Å². The number of phenols is 1. The number of β-amino-alcohol motifs (C(OH)–C–C–N with tert-alkyl or cyclic N) is 1. The predicted molar refractivity (Wildman–Crippen MR) is 284 cm³/mol. The maximum atomic E-state index is 14.3. The van der Waals surface area contributed by atoms with Gasteiger partial charge in [0.15, 0.2) is 11.6 Å². The Balaban J connectivity index is 0.678. The van der Waals surface area contributed by atoms with Crippen LogP contribution < -0.4 is 31.2 Å². The average Bonchev–Trinajstić information content (AvgIpc) is 3.79. The molecule has 2 aliphatic carbocycles. The number of likely N-dealkylation sites (tertiary alicyclic amines) is 2. The molecule has 5 aromatic rings. The molecule has 75 heavy (non-hydrogen) atoms. The lowest BCUT2D eigenvalue weighted by atomic mass is 9.49. The van der Waals surface area contributed by atoms with E-state index in [2.05, 4.69) is 49.5 Å². The van der Waals surface area contributed by atoms with Gasteiger partial charge in [-0.05, 0) is 129 Å². The number of hydroxylamine groups is 1. The first-order chi connectivity index (χ1) is 36.0. The maximum absolute atomic E-state index is 14.3. The molecule has 6 N–H and O–H groups in total. The number of aliphatic hydroxyl groups excluding tert-OH is 1. The molecular weight excluding hydrogens is 954 g/mol. The van der Waals surface area contributed by atoms with E-state index in [0.29, 0.717) is 59.0 Å². The number of aromatic hydroxyl groups is 1. The van der Waals surface area contributed by atoms with Crippen LogP contribution in [0, 0.1) is 22.6 Å². The molecule has 3 amide bonds. The summed E-state index contributed by atoms with van der Waals surface area (Å²) in [5.74, 6) is 0.210. The number of nitrogens with two attached hydrogens (primary N) is 1. The predicted octanol–water partition coefficient (Wildman–Crippen LogP) is 6.86. The van der Waals surface area contributed by atoms with Crippen molar-refractivity contribution in [1.29, 1.82) is 0 Å². The Morgan fingerprint density at radius 3 is 2.24 bits per heavy atom. The van der Waals surface area contributed by atoms with Crippen LogP contribution in [0.2, 0.25) is 0 Å². The van der Waals surface area contributed by atoms with Crippen molar-refractivity contribution < 1.29 is 33.8 Å². The van der Waals surface area contributed by atoms with Gasteiger partial charge < -0.3 is 45.7 Å². The molecule has 2 saturated carbocycles. The van der Waals surface area contributed by atoms with Gasteiger partial charge in [-0.15, -0.1) is 10.2 Å². The van der Waals surface area contributed by atoms with E-state index in [4.69, 9.17) is 20.5 Å². The highest BCUT2D eigenvalue weighted by molar-refractivity contribution is 5.93. The Kier molecular flexibility index (Phi) is 14.4. The van der Waals surface area contributed by atoms with Crippen molar-refractivity contribution in [1.82, 2.24) is 40.8 Å². The summed E-state index contributed by atoms with van der Waals surface area (Å²) in [5.41, 5.74) is 12.5. The number of nitrogen functional groups attached to an aromatic ring is 1. The Bertz CT molecular complexity index is 2860. The number of rotatable bonds is 13. The molecule has 5 atom stereocenters. The van der Waals surface area contributed by atoms with Crippen LogP contribution in [0.5, 0.6) is 11.5 Å². The van der Waals surface area contributed by atoms with Crippen molar-refractivity contribution in [3.05, 3.63) is 103 Å². The number of anilines is 3. The molecule has 1 spiro atoms. The number of carbonyl (C=O) groups is 3. The molecule has 2 aromatic heterocycles. The average molecular weight is 1020 g/mol. The standard InChI is InChI=1S/C57H70FN11O6/c1-6-39-32-67(47-24-46(63-64-51(47)59)44-12-8-10-14-49(44)71)31-34(2)69(39)55-60-29-38(30-61-55)35-19-21-66(22-20-35)40-27-57(28-40)25-37(26-57)52(72)62-50(56(3,4)5)54(74)68-33-41(70)23-48(68)53(73)65-75-42-17-15-36(16-18-42)43-11-7-9-13-45(43)58/h7-18,24,29-30,34-35,37,39-41,48,50,70-71H,6,19-23,25-28,31-33H2,1-5H3,(H2,59,64)(H,62,72)(H,65,73)/t34?,37?,39?,40?,41-,48+,50-,57?/m1/s1. The number of hydrogen-bond acceptors (Lipinski definition) is 14. The zero-order valence-corrected chi connectivity index (χ0v) is 43.5. The fourth-order valence-corrected chi connectivity index (χ4v) is 12.5. The van der Waals surface area contributed by atoms with Gasteiger partial charge in [0.1, 0.15) is 23.7 Å². The number of aliphatic hydroxyl groups is 1. The van der Waals surface area contributed by atoms with Gasteiger partial charge in [-0.2, -0.15) is 5.48 Å². The molecule has 0 radical (unpaired) electrons. The topological polar surface area (TPSA) is 215 Å². The van der Waals surface area contributed by atoms with Crippen LogP contribution in [0.15, 0.2) is 91.3 Å². The summed E-state index contributed by atoms with van der Waals surface area (Å²) in [4.78, 5) is 65.7. The van der Waals surface area contributed by atoms with E-state index in [1.165, 1.54) is 16.5 Å². The van der Waals surface area contributed by atoms with Gasteiger partial charge in [-0.1, -0.05) is 70.2 Å². The lowest BCUT2D eigenvalue weighted by Gasteiger charge is -2.60. The highest BCUT2D eigenvalue weighted by atomic mass is 19.1. The minimum atomic E-state index is -1.01. The molecule has 18 heteroatoms. The van der Waals surface area contributed by atoms with E-state index in [1.54, 1.807) is 54.6 Å². The van der Waals surface area contributed by atoms with Crippen molar-refractivity contribution in [2.24, 2.45) is 16.7 Å². The monoisotopic (exact) mass is 1020 g/mol. The normalized spacial score (nSPS) is 25.6. The van der Waals surface area contributed by atoms with Gasteiger partial charge in [-0.25, -0.2) is 14.4 Å². The number of halogens is 1. The quantitative estimate of drug-likeness (QED) is 0.0763. The van der Waals surface area contributed by atoms with Crippen LogP contribution in [-0.4, -0.2) is 127 Å². The minimum Gasteiger partial charge on any atom is -0.507 e. The van der Waals surface area contributed by atoms with Crippen LogP contribution in [0.3, 0.4) is 0 Å². The smallest absolute Gasteiger partial charge is 0.275 e. The first-order valence-corrected chi connectivity index (χ1v) is 26.6. The van der Waals surface area contributed by atoms with Gasteiger partial charge in [0.25, 0.3) is 5.91 Å². The molecule has 2 unspecified atom stereocenters. The number of aromatic nitrogens is 4. The Labute approximate surface area is 438 Å². The summed E-state index contributed by atoms with van der Waals surface area (Å²) in [6, 6.07) is 20.8. The molecule has 10 rings (SSSR count). The summed E-state index contributed by atoms with van der Waals surface area (Å²) < 4.78 is 14.3. The molecule has 396 valence electrons. The summed E-state index contributed by atoms with van der Waals surface area (Å²) in [7, 11) is 0. The third-order valence-electron chi connectivity index (χ3n) is 16.6. The second-order valence-corrected chi connectivity index (χ2v) is 22.8. The Hall–Kier alpha value is -6.92. The summed E-state index contributed by atoms with van der Waals surface area (Å²) >= 11 is 0. The lowest BCUT2D eigenvalue weighted by molar-refractivity contribution is -0.151. The zero-order chi connectivity index (χ0) is 52.8. The molecule has 3 aromatic carbocycles. The third kappa shape index (κ3) is 10.7. The largest absolute Gasteiger partial charge is 0.507 e. The van der Waals surface area contributed by atoms with E-state index in [9.17, 15) is 29.0 Å². The molecule has 3 aliphatic heterocycles. The number of para-hydroxylation sites is 1. The van der Waals surface area contributed by atoms with Crippen LogP contribution in [-0.2, 0) is 14.4 Å². The van der Waals surface area contributed by atoms with Crippen LogP contribution in [0.25, 0.3) is 22.4 Å². The van der Waals surface area contributed by atoms with Crippen molar-refractivity contribution >= 4 is 35.2 Å². The van der Waals surface area contributed by atoms with Crippen molar-refractivity contribution in [3.8, 4) is 33.9 Å². The van der Waals surface area contributed by atoms with E-state index in [1.807, 2.05) is 51.4 Å². The number of piperidine rings is 1. The highest BCUT2D eigenvalue weighted by Crippen LogP contribution is 2.60. The molecular formula is C57H70FN11O6. The molecule has 17 nitrogen and oxygen atoms in total. The van der Waals surface area contributed by atoms with Crippen molar-refractivity contribution in [3.63, 3.8) is 0 Å². The van der Waals surface area contributed by atoms with Crippen molar-refractivity contribution in [2.75, 3.05) is 48.3 Å². The van der Waals surface area contributed by atoms with Gasteiger partial charge in [-0.3, -0.25) is 14.4 Å². The number of phenolic OH excluding ortho intramolecular Hbond substituents is 1. The second-order valence-electron chi connectivity index (χ2n) is 22.8. The molecule has 5 heterocycles. The molecule has 0 bridgehead atoms. The fourth-order valence-electron chi connectivity index (χ4n) is 12.5. The molecule has 5 fully saturated rings. The van der Waals surface area contributed by atoms with E-state index in [-0.39, 0.29) is 53.9 Å². The van der Waals surface area contributed by atoms with Gasteiger partial charge >= 0.3 is 0 Å². The van der Waals surface area contributed by atoms with Crippen molar-refractivity contribution in [2.45, 2.75) is 128 Å². The third-order valence-corrected chi connectivity index (χ3v) is 16.6. The fraction of sp³-hybridized carbons (Fsp3) is 0.491. The van der Waals surface area contributed by atoms with E-state index in [0.717, 1.165) is 69.7 Å². The maximum Gasteiger partial charge on any atom is 0.275 e. The number of carbonyl (C=O) groups excluding carboxylic acids is 3. The Morgan fingerprint density at radius 1 is 0.893 bits per heavy atom. The highest BCUT2D eigenvalue weighted by Gasteiger charge is 2.57. The number of nitrogens with one attached hydrogen (secondary N) is 2. The number of piperazine rings is 1. The number of amides is 3. The van der Waals surface area contributed by atoms with Crippen LogP contribution in [0.4, 0.5) is 21.8 Å². The zero-order valence-electron chi connectivity index (χ0n) is 43.5. The van der Waals surface area contributed by atoms with Gasteiger partial charge in [0.05, 0.1) is 17.5 Å². The van der Waals surface area contributed by atoms with E-state index >= 15 is 0 Å². The first kappa shape index (κ1) is 51.6. The lowest BCUT2D eigenvalue weighted by Crippen LogP contribution is -2.62. The van der Waals surface area contributed by atoms with Gasteiger partial charge in [0.2, 0.25) is 17.8 Å². The summed E-state index contributed by atoms with van der Waals surface area (Å²) in [6.45, 7) is 13.4. The second kappa shape index (κ2) is 21.0. The summed E-state index contributed by atoms with van der Waals surface area (Å²) in [5, 5.41) is 32.8.